The summed E-state index contributed by atoms with van der Waals surface area (Å²) in [5.41, 5.74) is 0. The molecule has 0 amide bonds. The van der Waals surface area contributed by atoms with Crippen molar-refractivity contribution in [1.82, 2.24) is 0 Å². The number of rotatable bonds is 2. The molecule has 0 aromatic carbocycles. The number of hydrogen-bond donors (Lipinski definition) is 1. The van der Waals surface area contributed by atoms with Gasteiger partial charge in [-0.1, -0.05) is 6.92 Å². The van der Waals surface area contributed by atoms with Gasteiger partial charge in [-0.15, -0.1) is 0 Å². The van der Waals surface area contributed by atoms with Gasteiger partial charge >= 0.3 is 0 Å². The summed E-state index contributed by atoms with van der Waals surface area (Å²) in [5.74, 6) is -1.31. The maximum atomic E-state index is 10.4. The van der Waals surface area contributed by atoms with Crippen molar-refractivity contribution in [3.05, 3.63) is 0 Å². The first-order valence-corrected chi connectivity index (χ1v) is 6.84. The van der Waals surface area contributed by atoms with E-state index >= 15 is 0 Å². The molecule has 0 aromatic heterocycles. The van der Waals surface area contributed by atoms with Crippen LogP contribution in [0.4, 0.5) is 0 Å². The highest BCUT2D eigenvalue weighted by Crippen LogP contribution is 2.41. The monoisotopic (exact) mass is 274 g/mol. The molecule has 110 valence electrons. The Kier molecular flexibility index (Phi) is 3.16. The van der Waals surface area contributed by atoms with Gasteiger partial charge in [0.25, 0.3) is 0 Å². The third-order valence-electron chi connectivity index (χ3n) is 4.02. The van der Waals surface area contributed by atoms with Crippen LogP contribution in [-0.4, -0.2) is 54.0 Å². The normalized spacial score (nSPS) is 52.6. The molecule has 0 radical (unpaired) electrons. The fourth-order valence-corrected chi connectivity index (χ4v) is 2.79. The van der Waals surface area contributed by atoms with Crippen LogP contribution in [0.1, 0.15) is 34.1 Å². The molecule has 3 rings (SSSR count). The Morgan fingerprint density at radius 1 is 1.11 bits per heavy atom. The second kappa shape index (κ2) is 4.38. The zero-order valence-electron chi connectivity index (χ0n) is 11.8. The third-order valence-corrected chi connectivity index (χ3v) is 4.02. The summed E-state index contributed by atoms with van der Waals surface area (Å²) >= 11 is 0. The minimum atomic E-state index is -0.763. The minimum Gasteiger partial charge on any atom is -0.387 e. The lowest BCUT2D eigenvalue weighted by Crippen LogP contribution is -2.42. The lowest BCUT2D eigenvalue weighted by Gasteiger charge is -2.27. The largest absolute Gasteiger partial charge is 0.387 e. The van der Waals surface area contributed by atoms with Crippen LogP contribution in [0.25, 0.3) is 0 Å². The van der Waals surface area contributed by atoms with Gasteiger partial charge in [0.2, 0.25) is 0 Å². The molecule has 3 heterocycles. The number of hydrogen-bond acceptors (Lipinski definition) is 6. The predicted molar refractivity (Wildman–Crippen MR) is 64.2 cm³/mol. The van der Waals surface area contributed by atoms with Gasteiger partial charge in [-0.05, 0) is 27.2 Å². The van der Waals surface area contributed by atoms with Crippen molar-refractivity contribution in [1.29, 1.82) is 0 Å². The first-order valence-electron chi connectivity index (χ1n) is 6.84. The third kappa shape index (κ3) is 2.30. The topological polar surface area (TPSA) is 66.4 Å². The Morgan fingerprint density at radius 3 is 2.37 bits per heavy atom. The fraction of sp³-hybridized carbons (Fsp3) is 1.00. The van der Waals surface area contributed by atoms with Crippen LogP contribution >= 0.6 is 0 Å². The molecule has 0 spiro atoms. The van der Waals surface area contributed by atoms with E-state index < -0.39 is 36.2 Å². The molecular formula is C13H22O6. The van der Waals surface area contributed by atoms with Gasteiger partial charge in [-0.3, -0.25) is 0 Å². The Labute approximate surface area is 112 Å². The van der Waals surface area contributed by atoms with Crippen molar-refractivity contribution in [3.63, 3.8) is 0 Å². The van der Waals surface area contributed by atoms with Crippen molar-refractivity contribution in [3.8, 4) is 0 Å². The van der Waals surface area contributed by atoms with Crippen molar-refractivity contribution in [2.45, 2.75) is 76.4 Å². The molecule has 0 bridgehead atoms. The number of aliphatic hydroxyl groups excluding tert-OH is 1. The Hall–Kier alpha value is -0.240. The molecule has 0 aromatic rings. The Bertz CT molecular complexity index is 359. The molecule has 6 nitrogen and oxygen atoms in total. The van der Waals surface area contributed by atoms with E-state index in [1.54, 1.807) is 0 Å². The second-order valence-corrected chi connectivity index (χ2v) is 6.01. The van der Waals surface area contributed by atoms with E-state index in [2.05, 4.69) is 0 Å². The molecule has 3 aliphatic heterocycles. The number of ether oxygens (including phenoxy) is 5. The van der Waals surface area contributed by atoms with Crippen molar-refractivity contribution < 1.29 is 28.8 Å². The molecule has 19 heavy (non-hydrogen) atoms. The van der Waals surface area contributed by atoms with Crippen LogP contribution in [0.3, 0.4) is 0 Å². The molecule has 2 unspecified atom stereocenters. The summed E-state index contributed by atoms with van der Waals surface area (Å²) in [7, 11) is 0. The van der Waals surface area contributed by atoms with Gasteiger partial charge in [-0.2, -0.15) is 0 Å². The summed E-state index contributed by atoms with van der Waals surface area (Å²) in [6.07, 6.45) is -1.81. The number of fused-ring (bicyclic) bond motifs is 1. The standard InChI is InChI=1S/C13H22O6/c1-5-13(4)18-10-8(14)9(16-11(10)19-13)7-6-15-12(2,3)17-7/h7-11,14H,5-6H2,1-4H3/t7?,8-,9-,10-,11-,13?/m1/s1. The van der Waals surface area contributed by atoms with Crippen molar-refractivity contribution in [2.24, 2.45) is 0 Å². The fourth-order valence-electron chi connectivity index (χ4n) is 2.79. The summed E-state index contributed by atoms with van der Waals surface area (Å²) in [5, 5.41) is 10.4. The van der Waals surface area contributed by atoms with Gasteiger partial charge in [0.1, 0.15) is 24.4 Å². The van der Waals surface area contributed by atoms with Crippen molar-refractivity contribution >= 4 is 0 Å². The van der Waals surface area contributed by atoms with E-state index in [1.807, 2.05) is 27.7 Å². The van der Waals surface area contributed by atoms with Crippen LogP contribution in [-0.2, 0) is 23.7 Å². The van der Waals surface area contributed by atoms with Gasteiger partial charge in [0.05, 0.1) is 6.61 Å². The van der Waals surface area contributed by atoms with Crippen molar-refractivity contribution in [2.75, 3.05) is 6.61 Å². The van der Waals surface area contributed by atoms with Crippen LogP contribution in [0.15, 0.2) is 0 Å². The zero-order valence-corrected chi connectivity index (χ0v) is 11.8. The van der Waals surface area contributed by atoms with Gasteiger partial charge in [-0.25, -0.2) is 0 Å². The van der Waals surface area contributed by atoms with E-state index in [0.717, 1.165) is 0 Å². The van der Waals surface area contributed by atoms with E-state index in [9.17, 15) is 5.11 Å². The molecule has 6 heteroatoms. The summed E-state index contributed by atoms with van der Waals surface area (Å²) < 4.78 is 28.5. The quantitative estimate of drug-likeness (QED) is 0.802. The van der Waals surface area contributed by atoms with E-state index in [-0.39, 0.29) is 6.10 Å². The summed E-state index contributed by atoms with van der Waals surface area (Å²) in [4.78, 5) is 0. The average Bonchev–Trinajstić information content (AvgIpc) is 2.94. The molecular weight excluding hydrogens is 252 g/mol. The Morgan fingerprint density at radius 2 is 1.84 bits per heavy atom. The summed E-state index contributed by atoms with van der Waals surface area (Å²) in [6.45, 7) is 7.92. The maximum absolute atomic E-state index is 10.4. The minimum absolute atomic E-state index is 0.296. The van der Waals surface area contributed by atoms with Gasteiger partial charge < -0.3 is 28.8 Å². The highest BCUT2D eigenvalue weighted by Gasteiger charge is 2.58. The van der Waals surface area contributed by atoms with E-state index in [1.165, 1.54) is 0 Å². The van der Waals surface area contributed by atoms with Crippen LogP contribution < -0.4 is 0 Å². The molecule has 3 saturated heterocycles. The molecule has 6 atom stereocenters. The first-order chi connectivity index (χ1) is 8.84. The Balaban J connectivity index is 1.67. The van der Waals surface area contributed by atoms with Gasteiger partial charge in [0.15, 0.2) is 17.9 Å². The smallest absolute Gasteiger partial charge is 0.190 e. The molecule has 0 saturated carbocycles. The SMILES string of the molecule is CCC1(C)O[C@H]2O[C@H](C3COC(C)(C)O3)[C@@H](O)[C@H]2O1. The van der Waals surface area contributed by atoms with E-state index in [4.69, 9.17) is 23.7 Å². The lowest BCUT2D eigenvalue weighted by atomic mass is 10.1. The lowest BCUT2D eigenvalue weighted by molar-refractivity contribution is -0.240. The van der Waals surface area contributed by atoms with Crippen LogP contribution in [0.5, 0.6) is 0 Å². The predicted octanol–water partition coefficient (Wildman–Crippen LogP) is 0.765. The second-order valence-electron chi connectivity index (χ2n) is 6.01. The summed E-state index contributed by atoms with van der Waals surface area (Å²) in [6, 6.07) is 0. The molecule has 3 aliphatic rings. The van der Waals surface area contributed by atoms with Gasteiger partial charge in [0, 0.05) is 0 Å². The van der Waals surface area contributed by atoms with Crippen LogP contribution in [0.2, 0.25) is 0 Å². The first kappa shape index (κ1) is 13.7. The zero-order chi connectivity index (χ0) is 13.8. The van der Waals surface area contributed by atoms with E-state index in [0.29, 0.717) is 13.0 Å². The molecule has 3 fully saturated rings. The molecule has 1 N–H and O–H groups in total. The van der Waals surface area contributed by atoms with Crippen LogP contribution in [0, 0.1) is 0 Å². The highest BCUT2D eigenvalue weighted by molar-refractivity contribution is 4.98. The maximum Gasteiger partial charge on any atom is 0.190 e. The average molecular weight is 274 g/mol. The highest BCUT2D eigenvalue weighted by atomic mass is 16.8. The molecule has 0 aliphatic carbocycles. The number of aliphatic hydroxyl groups is 1.